The lowest BCUT2D eigenvalue weighted by atomic mass is 10.1. The third-order valence-corrected chi connectivity index (χ3v) is 3.57. The number of amides is 1. The SMILES string of the molecule is COc1ccc(C=NNC(=O)Cc2cccc(O)c2)c(Cl)c1OC. The zero-order valence-corrected chi connectivity index (χ0v) is 14.0. The minimum absolute atomic E-state index is 0.103. The normalized spacial score (nSPS) is 10.6. The van der Waals surface area contributed by atoms with Crippen LogP contribution in [0.2, 0.25) is 5.02 Å². The Balaban J connectivity index is 2.02. The number of halogens is 1. The average molecular weight is 349 g/mol. The van der Waals surface area contributed by atoms with Crippen molar-refractivity contribution in [3.63, 3.8) is 0 Å². The van der Waals surface area contributed by atoms with Crippen LogP contribution in [0.5, 0.6) is 17.2 Å². The van der Waals surface area contributed by atoms with Gasteiger partial charge in [0.15, 0.2) is 11.5 Å². The molecule has 0 fully saturated rings. The van der Waals surface area contributed by atoms with E-state index in [1.807, 2.05) is 0 Å². The van der Waals surface area contributed by atoms with E-state index in [0.717, 1.165) is 0 Å². The molecule has 0 aliphatic heterocycles. The topological polar surface area (TPSA) is 80.2 Å². The van der Waals surface area contributed by atoms with Crippen LogP contribution in [0.25, 0.3) is 0 Å². The zero-order chi connectivity index (χ0) is 17.5. The number of hydrogen-bond acceptors (Lipinski definition) is 5. The maximum Gasteiger partial charge on any atom is 0.244 e. The first-order valence-electron chi connectivity index (χ1n) is 7.05. The second kappa shape index (κ2) is 8.21. The summed E-state index contributed by atoms with van der Waals surface area (Å²) in [6, 6.07) is 9.88. The van der Waals surface area contributed by atoms with Crippen LogP contribution in [0.3, 0.4) is 0 Å². The Labute approximate surface area is 144 Å². The monoisotopic (exact) mass is 348 g/mol. The summed E-state index contributed by atoms with van der Waals surface area (Å²) >= 11 is 6.22. The zero-order valence-electron chi connectivity index (χ0n) is 13.2. The molecule has 0 radical (unpaired) electrons. The lowest BCUT2D eigenvalue weighted by Gasteiger charge is -2.10. The fraction of sp³-hybridized carbons (Fsp3) is 0.176. The van der Waals surface area contributed by atoms with Gasteiger partial charge in [-0.2, -0.15) is 5.10 Å². The molecule has 0 spiro atoms. The molecule has 1 amide bonds. The Kier molecular flexibility index (Phi) is 6.03. The van der Waals surface area contributed by atoms with E-state index in [2.05, 4.69) is 10.5 Å². The van der Waals surface area contributed by atoms with Crippen LogP contribution >= 0.6 is 11.6 Å². The van der Waals surface area contributed by atoms with Crippen LogP contribution in [0.4, 0.5) is 0 Å². The molecule has 6 nitrogen and oxygen atoms in total. The van der Waals surface area contributed by atoms with Gasteiger partial charge in [-0.05, 0) is 29.8 Å². The standard InChI is InChI=1S/C17H17ClN2O4/c1-23-14-7-6-12(16(18)17(14)24-2)10-19-20-15(22)9-11-4-3-5-13(21)8-11/h3-8,10,21H,9H2,1-2H3,(H,20,22). The molecule has 0 aliphatic carbocycles. The van der Waals surface area contributed by atoms with Gasteiger partial charge in [0.1, 0.15) is 5.75 Å². The fourth-order valence-corrected chi connectivity index (χ4v) is 2.35. The predicted octanol–water partition coefficient (Wildman–Crippen LogP) is 2.76. The van der Waals surface area contributed by atoms with Crippen LogP contribution in [0, 0.1) is 0 Å². The number of rotatable bonds is 6. The molecule has 2 aromatic rings. The van der Waals surface area contributed by atoms with Crippen molar-refractivity contribution < 1.29 is 19.4 Å². The van der Waals surface area contributed by atoms with Crippen molar-refractivity contribution in [2.75, 3.05) is 14.2 Å². The molecular weight excluding hydrogens is 332 g/mol. The molecule has 0 aliphatic rings. The molecule has 0 aromatic heterocycles. The van der Waals surface area contributed by atoms with Crippen molar-refractivity contribution in [3.05, 3.63) is 52.5 Å². The number of ether oxygens (including phenoxy) is 2. The molecule has 0 bridgehead atoms. The van der Waals surface area contributed by atoms with Crippen molar-refractivity contribution in [2.45, 2.75) is 6.42 Å². The van der Waals surface area contributed by atoms with E-state index in [4.69, 9.17) is 21.1 Å². The van der Waals surface area contributed by atoms with Gasteiger partial charge in [0.2, 0.25) is 5.91 Å². The van der Waals surface area contributed by atoms with E-state index in [1.165, 1.54) is 26.5 Å². The van der Waals surface area contributed by atoms with Gasteiger partial charge in [-0.3, -0.25) is 4.79 Å². The Morgan fingerprint density at radius 3 is 2.75 bits per heavy atom. The summed E-state index contributed by atoms with van der Waals surface area (Å²) in [4.78, 5) is 11.8. The molecule has 0 unspecified atom stereocenters. The van der Waals surface area contributed by atoms with Gasteiger partial charge in [0, 0.05) is 5.56 Å². The molecule has 7 heteroatoms. The molecule has 0 atom stereocenters. The second-order valence-electron chi connectivity index (χ2n) is 4.84. The number of aromatic hydroxyl groups is 1. The summed E-state index contributed by atoms with van der Waals surface area (Å²) in [6.45, 7) is 0. The number of hydrazone groups is 1. The lowest BCUT2D eigenvalue weighted by molar-refractivity contribution is -0.120. The van der Waals surface area contributed by atoms with E-state index in [1.54, 1.807) is 30.3 Å². The highest BCUT2D eigenvalue weighted by atomic mass is 35.5. The summed E-state index contributed by atoms with van der Waals surface area (Å²) in [5, 5.41) is 13.6. The summed E-state index contributed by atoms with van der Waals surface area (Å²) in [7, 11) is 3.01. The minimum atomic E-state index is -0.312. The van der Waals surface area contributed by atoms with Gasteiger partial charge in [0.25, 0.3) is 0 Å². The van der Waals surface area contributed by atoms with Crippen LogP contribution in [0.15, 0.2) is 41.5 Å². The lowest BCUT2D eigenvalue weighted by Crippen LogP contribution is -2.19. The maximum absolute atomic E-state index is 11.8. The number of hydrogen-bond donors (Lipinski definition) is 2. The summed E-state index contributed by atoms with van der Waals surface area (Å²) < 4.78 is 10.3. The summed E-state index contributed by atoms with van der Waals surface area (Å²) in [5.41, 5.74) is 3.67. The second-order valence-corrected chi connectivity index (χ2v) is 5.22. The van der Waals surface area contributed by atoms with Crippen LogP contribution in [0.1, 0.15) is 11.1 Å². The third kappa shape index (κ3) is 4.39. The van der Waals surface area contributed by atoms with Gasteiger partial charge in [-0.15, -0.1) is 0 Å². The van der Waals surface area contributed by atoms with Gasteiger partial charge < -0.3 is 14.6 Å². The van der Waals surface area contributed by atoms with Crippen molar-refractivity contribution in [1.29, 1.82) is 0 Å². The number of carbonyl (C=O) groups excluding carboxylic acids is 1. The average Bonchev–Trinajstić information content (AvgIpc) is 2.56. The number of methoxy groups -OCH3 is 2. The highest BCUT2D eigenvalue weighted by molar-refractivity contribution is 6.34. The Morgan fingerprint density at radius 1 is 1.29 bits per heavy atom. The van der Waals surface area contributed by atoms with E-state index >= 15 is 0 Å². The molecule has 2 rings (SSSR count). The largest absolute Gasteiger partial charge is 0.508 e. The molecule has 0 saturated heterocycles. The summed E-state index contributed by atoms with van der Waals surface area (Å²) in [6.07, 6.45) is 1.52. The molecule has 2 N–H and O–H groups in total. The predicted molar refractivity (Wildman–Crippen MR) is 92.1 cm³/mol. The van der Waals surface area contributed by atoms with E-state index in [9.17, 15) is 9.90 Å². The van der Waals surface area contributed by atoms with E-state index < -0.39 is 0 Å². The van der Waals surface area contributed by atoms with Crippen LogP contribution in [-0.2, 0) is 11.2 Å². The molecule has 24 heavy (non-hydrogen) atoms. The van der Waals surface area contributed by atoms with E-state index in [0.29, 0.717) is 27.6 Å². The maximum atomic E-state index is 11.8. The summed E-state index contributed by atoms with van der Waals surface area (Å²) in [5.74, 6) is 0.705. The Morgan fingerprint density at radius 2 is 2.08 bits per heavy atom. The Hall–Kier alpha value is -2.73. The van der Waals surface area contributed by atoms with Crippen molar-refractivity contribution in [2.24, 2.45) is 5.10 Å². The molecule has 0 heterocycles. The number of benzene rings is 2. The fourth-order valence-electron chi connectivity index (χ4n) is 2.07. The molecule has 2 aromatic carbocycles. The number of phenolic OH excluding ortho intramolecular Hbond substituents is 1. The van der Waals surface area contributed by atoms with Gasteiger partial charge in [-0.25, -0.2) is 5.43 Å². The van der Waals surface area contributed by atoms with Crippen LogP contribution in [-0.4, -0.2) is 31.4 Å². The van der Waals surface area contributed by atoms with Gasteiger partial charge in [-0.1, -0.05) is 23.7 Å². The number of nitrogens with one attached hydrogen (secondary N) is 1. The van der Waals surface area contributed by atoms with Crippen LogP contribution < -0.4 is 14.9 Å². The molecule has 0 saturated carbocycles. The first-order chi connectivity index (χ1) is 11.5. The highest BCUT2D eigenvalue weighted by Crippen LogP contribution is 2.36. The smallest absolute Gasteiger partial charge is 0.244 e. The number of carbonyl (C=O) groups is 1. The quantitative estimate of drug-likeness (QED) is 0.621. The third-order valence-electron chi connectivity index (χ3n) is 3.18. The van der Waals surface area contributed by atoms with Crippen molar-refractivity contribution in [3.8, 4) is 17.2 Å². The first kappa shape index (κ1) is 17.6. The van der Waals surface area contributed by atoms with E-state index in [-0.39, 0.29) is 18.1 Å². The van der Waals surface area contributed by atoms with Crippen molar-refractivity contribution >= 4 is 23.7 Å². The molecule has 126 valence electrons. The molecular formula is C17H17ClN2O4. The minimum Gasteiger partial charge on any atom is -0.508 e. The van der Waals surface area contributed by atoms with Gasteiger partial charge in [0.05, 0.1) is 31.9 Å². The first-order valence-corrected chi connectivity index (χ1v) is 7.43. The Bertz CT molecular complexity index is 762. The highest BCUT2D eigenvalue weighted by Gasteiger charge is 2.12. The number of phenols is 1. The van der Waals surface area contributed by atoms with Gasteiger partial charge >= 0.3 is 0 Å². The number of nitrogens with zero attached hydrogens (tertiary/aromatic N) is 1. The van der Waals surface area contributed by atoms with Crippen molar-refractivity contribution in [1.82, 2.24) is 5.43 Å².